The maximum Gasteiger partial charge on any atom is 0.328 e. The van der Waals surface area contributed by atoms with E-state index in [-0.39, 0.29) is 11.3 Å². The van der Waals surface area contributed by atoms with Crippen molar-refractivity contribution in [2.24, 2.45) is 22.7 Å². The zero-order valence-electron chi connectivity index (χ0n) is 12.7. The van der Waals surface area contributed by atoms with Crippen molar-refractivity contribution in [2.45, 2.75) is 64.8 Å². The third-order valence-electron chi connectivity index (χ3n) is 5.80. The van der Waals surface area contributed by atoms with Crippen molar-refractivity contribution < 1.29 is 14.7 Å². The molecule has 0 aromatic carbocycles. The zero-order chi connectivity index (χ0) is 14.8. The molecular weight excluding hydrogens is 254 g/mol. The molecule has 2 N–H and O–H groups in total. The van der Waals surface area contributed by atoms with Crippen molar-refractivity contribution >= 4 is 11.9 Å². The zero-order valence-corrected chi connectivity index (χ0v) is 12.7. The Labute approximate surface area is 120 Å². The average Bonchev–Trinajstić information content (AvgIpc) is 2.24. The monoisotopic (exact) mass is 279 g/mol. The summed E-state index contributed by atoms with van der Waals surface area (Å²) in [6, 6.07) is 0. The maximum absolute atomic E-state index is 12.8. The molecule has 0 saturated heterocycles. The van der Waals surface area contributed by atoms with Gasteiger partial charge in [-0.05, 0) is 69.6 Å². The van der Waals surface area contributed by atoms with Gasteiger partial charge in [-0.15, -0.1) is 0 Å². The molecule has 2 unspecified atom stereocenters. The van der Waals surface area contributed by atoms with Gasteiger partial charge in [-0.2, -0.15) is 0 Å². The van der Waals surface area contributed by atoms with Crippen LogP contribution in [-0.4, -0.2) is 22.5 Å². The van der Waals surface area contributed by atoms with Crippen LogP contribution < -0.4 is 5.32 Å². The minimum absolute atomic E-state index is 0.0229. The molecule has 112 valence electrons. The first-order valence-electron chi connectivity index (χ1n) is 7.70. The van der Waals surface area contributed by atoms with Crippen LogP contribution in [0.5, 0.6) is 0 Å². The van der Waals surface area contributed by atoms with E-state index in [1.54, 1.807) is 13.8 Å². The van der Waals surface area contributed by atoms with Gasteiger partial charge in [-0.25, -0.2) is 4.79 Å². The first-order valence-corrected chi connectivity index (χ1v) is 7.70. The Morgan fingerprint density at radius 3 is 2.15 bits per heavy atom. The second-order valence-electron chi connectivity index (χ2n) is 8.44. The number of carbonyl (C=O) groups excluding carboxylic acids is 1. The number of carbonyl (C=O) groups is 2. The van der Waals surface area contributed by atoms with Gasteiger partial charge in [0.05, 0.1) is 5.41 Å². The summed E-state index contributed by atoms with van der Waals surface area (Å²) < 4.78 is 0. The van der Waals surface area contributed by atoms with E-state index >= 15 is 0 Å². The summed E-state index contributed by atoms with van der Waals surface area (Å²) in [4.78, 5) is 24.0. The van der Waals surface area contributed by atoms with Gasteiger partial charge < -0.3 is 10.4 Å². The van der Waals surface area contributed by atoms with Gasteiger partial charge in [0.25, 0.3) is 0 Å². The largest absolute Gasteiger partial charge is 0.480 e. The smallest absolute Gasteiger partial charge is 0.328 e. The van der Waals surface area contributed by atoms with Gasteiger partial charge in [0.2, 0.25) is 5.91 Å². The quantitative estimate of drug-likeness (QED) is 0.834. The molecule has 0 aliphatic heterocycles. The van der Waals surface area contributed by atoms with Crippen molar-refractivity contribution in [2.75, 3.05) is 0 Å². The molecule has 4 fully saturated rings. The number of hydrogen-bond donors (Lipinski definition) is 2. The highest BCUT2D eigenvalue weighted by Gasteiger charge is 2.59. The second kappa shape index (κ2) is 3.99. The van der Waals surface area contributed by atoms with Crippen LogP contribution in [0.1, 0.15) is 59.3 Å². The van der Waals surface area contributed by atoms with Crippen molar-refractivity contribution in [3.8, 4) is 0 Å². The molecule has 0 aromatic heterocycles. The lowest BCUT2D eigenvalue weighted by Crippen LogP contribution is -2.61. The first-order chi connectivity index (χ1) is 9.14. The predicted octanol–water partition coefficient (Wildman–Crippen LogP) is 2.57. The summed E-state index contributed by atoms with van der Waals surface area (Å²) in [5, 5.41) is 12.0. The van der Waals surface area contributed by atoms with Gasteiger partial charge in [-0.3, -0.25) is 4.79 Å². The minimum atomic E-state index is -1.18. The average molecular weight is 279 g/mol. The Hall–Kier alpha value is -1.06. The summed E-state index contributed by atoms with van der Waals surface area (Å²) in [6.07, 6.45) is 6.63. The molecule has 4 heteroatoms. The summed E-state index contributed by atoms with van der Waals surface area (Å²) in [7, 11) is 0. The first kappa shape index (κ1) is 13.9. The Kier molecular flexibility index (Phi) is 2.77. The molecule has 4 rings (SSSR count). The van der Waals surface area contributed by atoms with E-state index in [2.05, 4.69) is 12.2 Å². The normalized spacial score (nSPS) is 42.5. The molecule has 4 nitrogen and oxygen atoms in total. The van der Waals surface area contributed by atoms with Gasteiger partial charge in [0, 0.05) is 0 Å². The number of nitrogens with one attached hydrogen (secondary N) is 1. The van der Waals surface area contributed by atoms with Crippen molar-refractivity contribution in [3.63, 3.8) is 0 Å². The lowest BCUT2D eigenvalue weighted by molar-refractivity contribution is -0.160. The molecule has 0 spiro atoms. The number of hydrogen-bond acceptors (Lipinski definition) is 2. The topological polar surface area (TPSA) is 66.4 Å². The highest BCUT2D eigenvalue weighted by Crippen LogP contribution is 2.65. The number of aliphatic carboxylic acids is 1. The summed E-state index contributed by atoms with van der Waals surface area (Å²) in [5.41, 5.74) is -1.18. The highest BCUT2D eigenvalue weighted by molar-refractivity contribution is 5.89. The maximum atomic E-state index is 12.8. The molecule has 4 aliphatic carbocycles. The predicted molar refractivity (Wildman–Crippen MR) is 75.1 cm³/mol. The molecule has 1 amide bonds. The van der Waals surface area contributed by atoms with Crippen LogP contribution >= 0.6 is 0 Å². The van der Waals surface area contributed by atoms with Crippen LogP contribution in [0.4, 0.5) is 0 Å². The number of carboxylic acid groups (broad SMARTS) is 1. The third kappa shape index (κ3) is 2.04. The van der Waals surface area contributed by atoms with Crippen LogP contribution in [0.3, 0.4) is 0 Å². The Bertz CT molecular complexity index is 454. The fourth-order valence-corrected chi connectivity index (χ4v) is 5.46. The molecule has 2 atom stereocenters. The minimum Gasteiger partial charge on any atom is -0.480 e. The Balaban J connectivity index is 1.83. The highest BCUT2D eigenvalue weighted by atomic mass is 16.4. The summed E-state index contributed by atoms with van der Waals surface area (Å²) in [5.74, 6) is 0.340. The third-order valence-corrected chi connectivity index (χ3v) is 5.80. The van der Waals surface area contributed by atoms with Crippen LogP contribution in [0.25, 0.3) is 0 Å². The van der Waals surface area contributed by atoms with E-state index < -0.39 is 11.5 Å². The van der Waals surface area contributed by atoms with E-state index in [0.29, 0.717) is 17.3 Å². The van der Waals surface area contributed by atoms with Gasteiger partial charge in [0.1, 0.15) is 5.54 Å². The molecule has 0 aromatic rings. The molecule has 0 radical (unpaired) electrons. The lowest BCUT2D eigenvalue weighted by Gasteiger charge is -2.60. The number of rotatable bonds is 3. The van der Waals surface area contributed by atoms with Crippen LogP contribution in [-0.2, 0) is 9.59 Å². The van der Waals surface area contributed by atoms with E-state index in [1.165, 1.54) is 19.3 Å². The molecule has 4 bridgehead atoms. The fourth-order valence-electron chi connectivity index (χ4n) is 5.46. The standard InChI is InChI=1S/C16H25NO3/c1-14(2,13(19)20)17-12(18)16-7-10-4-11(8-16)6-15(3,5-10)9-16/h10-11H,4-9H2,1-3H3,(H,17,18)(H,19,20). The molecule has 4 aliphatic rings. The van der Waals surface area contributed by atoms with Gasteiger partial charge >= 0.3 is 5.97 Å². The summed E-state index contributed by atoms with van der Waals surface area (Å²) in [6.45, 7) is 5.44. The molecule has 0 heterocycles. The molecule has 20 heavy (non-hydrogen) atoms. The van der Waals surface area contributed by atoms with Crippen molar-refractivity contribution in [3.05, 3.63) is 0 Å². The number of amides is 1. The van der Waals surface area contributed by atoms with E-state index in [9.17, 15) is 14.7 Å². The van der Waals surface area contributed by atoms with E-state index in [4.69, 9.17) is 0 Å². The van der Waals surface area contributed by atoms with Crippen LogP contribution in [0.2, 0.25) is 0 Å². The lowest BCUT2D eigenvalue weighted by atomic mass is 9.44. The van der Waals surface area contributed by atoms with Crippen LogP contribution in [0.15, 0.2) is 0 Å². The van der Waals surface area contributed by atoms with E-state index in [1.807, 2.05) is 0 Å². The molecular formula is C16H25NO3. The number of carboxylic acids is 1. The Morgan fingerprint density at radius 1 is 1.15 bits per heavy atom. The van der Waals surface area contributed by atoms with E-state index in [0.717, 1.165) is 19.3 Å². The SMILES string of the molecule is CC12CC3CC(C1)CC(C(=O)NC(C)(C)C(=O)O)(C3)C2. The van der Waals surface area contributed by atoms with Crippen molar-refractivity contribution in [1.82, 2.24) is 5.32 Å². The van der Waals surface area contributed by atoms with Gasteiger partial charge in [-0.1, -0.05) is 6.92 Å². The van der Waals surface area contributed by atoms with Crippen molar-refractivity contribution in [1.29, 1.82) is 0 Å². The van der Waals surface area contributed by atoms with Crippen LogP contribution in [0, 0.1) is 22.7 Å². The summed E-state index contributed by atoms with van der Waals surface area (Å²) >= 11 is 0. The second-order valence-corrected chi connectivity index (χ2v) is 8.44. The van der Waals surface area contributed by atoms with Gasteiger partial charge in [0.15, 0.2) is 0 Å². The Morgan fingerprint density at radius 2 is 1.70 bits per heavy atom. The fraction of sp³-hybridized carbons (Fsp3) is 0.875. The molecule has 4 saturated carbocycles.